The van der Waals surface area contributed by atoms with Gasteiger partial charge in [-0.15, -0.1) is 0 Å². The van der Waals surface area contributed by atoms with Crippen LogP contribution in [-0.2, 0) is 0 Å². The van der Waals surface area contributed by atoms with Crippen molar-refractivity contribution in [3.05, 3.63) is 52.0 Å². The third-order valence-electron chi connectivity index (χ3n) is 2.98. The first kappa shape index (κ1) is 17.4. The van der Waals surface area contributed by atoms with Crippen molar-refractivity contribution in [2.24, 2.45) is 0 Å². The summed E-state index contributed by atoms with van der Waals surface area (Å²) in [6.45, 7) is 4.58. The van der Waals surface area contributed by atoms with Crippen LogP contribution in [0.2, 0.25) is 10.0 Å². The second kappa shape index (κ2) is 8.09. The van der Waals surface area contributed by atoms with Crippen molar-refractivity contribution in [3.8, 4) is 11.5 Å². The number of benzene rings is 2. The smallest absolute Gasteiger partial charge is 0.259 e. The minimum Gasteiger partial charge on any atom is -0.492 e. The van der Waals surface area contributed by atoms with Gasteiger partial charge in [-0.3, -0.25) is 4.79 Å². The van der Waals surface area contributed by atoms with Crippen molar-refractivity contribution in [1.82, 2.24) is 0 Å². The highest BCUT2D eigenvalue weighted by Crippen LogP contribution is 2.33. The van der Waals surface area contributed by atoms with Crippen LogP contribution < -0.4 is 14.8 Å². The fourth-order valence-electron chi connectivity index (χ4n) is 2.06. The van der Waals surface area contributed by atoms with Crippen LogP contribution in [0.15, 0.2) is 36.4 Å². The normalized spacial score (nSPS) is 10.3. The molecule has 0 spiro atoms. The Morgan fingerprint density at radius 3 is 2.48 bits per heavy atom. The number of rotatable bonds is 6. The van der Waals surface area contributed by atoms with Gasteiger partial charge in [-0.1, -0.05) is 35.3 Å². The van der Waals surface area contributed by atoms with E-state index < -0.39 is 0 Å². The van der Waals surface area contributed by atoms with E-state index in [1.807, 2.05) is 26.0 Å². The fourth-order valence-corrected chi connectivity index (χ4v) is 2.61. The molecule has 0 saturated carbocycles. The third-order valence-corrected chi connectivity index (χ3v) is 3.48. The number of hydrogen-bond acceptors (Lipinski definition) is 3. The Morgan fingerprint density at radius 2 is 1.78 bits per heavy atom. The first-order valence-corrected chi connectivity index (χ1v) is 7.97. The number of carbonyl (C=O) groups is 1. The van der Waals surface area contributed by atoms with E-state index in [1.165, 1.54) is 6.07 Å². The van der Waals surface area contributed by atoms with Crippen molar-refractivity contribution in [2.75, 3.05) is 18.5 Å². The molecule has 2 rings (SSSR count). The first-order chi connectivity index (χ1) is 11.1. The zero-order chi connectivity index (χ0) is 16.8. The Balaban J connectivity index is 2.34. The molecule has 1 amide bonds. The molecule has 0 aliphatic heterocycles. The summed E-state index contributed by atoms with van der Waals surface area (Å²) in [5.41, 5.74) is 0.841. The summed E-state index contributed by atoms with van der Waals surface area (Å²) < 4.78 is 11.0. The molecule has 0 heterocycles. The van der Waals surface area contributed by atoms with Crippen molar-refractivity contribution >= 4 is 34.8 Å². The lowest BCUT2D eigenvalue weighted by molar-refractivity contribution is 0.102. The highest BCUT2D eigenvalue weighted by Gasteiger charge is 2.18. The summed E-state index contributed by atoms with van der Waals surface area (Å²) in [5.74, 6) is 0.532. The van der Waals surface area contributed by atoms with E-state index in [4.69, 9.17) is 32.7 Å². The molecule has 2 aromatic rings. The Bertz CT molecular complexity index is 704. The molecule has 0 aliphatic carbocycles. The molecule has 0 bridgehead atoms. The van der Waals surface area contributed by atoms with E-state index in [2.05, 4.69) is 5.32 Å². The highest BCUT2D eigenvalue weighted by molar-refractivity contribution is 6.36. The van der Waals surface area contributed by atoms with E-state index >= 15 is 0 Å². The molecule has 0 fully saturated rings. The molecule has 2 aromatic carbocycles. The van der Waals surface area contributed by atoms with Crippen LogP contribution in [0.3, 0.4) is 0 Å². The third kappa shape index (κ3) is 4.30. The van der Waals surface area contributed by atoms with Gasteiger partial charge in [0.2, 0.25) is 0 Å². The summed E-state index contributed by atoms with van der Waals surface area (Å²) in [6, 6.07) is 10.3. The second-order valence-electron chi connectivity index (χ2n) is 4.58. The zero-order valence-corrected chi connectivity index (χ0v) is 14.4. The van der Waals surface area contributed by atoms with Gasteiger partial charge in [-0.25, -0.2) is 0 Å². The first-order valence-electron chi connectivity index (χ1n) is 7.21. The van der Waals surface area contributed by atoms with Crippen LogP contribution in [0.1, 0.15) is 24.2 Å². The minimum atomic E-state index is -0.370. The van der Waals surface area contributed by atoms with E-state index in [9.17, 15) is 4.79 Å². The SMILES string of the molecule is CCOc1ccccc1NC(=O)c1cc(Cl)cc(Cl)c1OCC. The van der Waals surface area contributed by atoms with E-state index in [-0.39, 0.29) is 11.5 Å². The van der Waals surface area contributed by atoms with Crippen LogP contribution in [0.4, 0.5) is 5.69 Å². The average molecular weight is 354 g/mol. The van der Waals surface area contributed by atoms with Crippen LogP contribution in [0.5, 0.6) is 11.5 Å². The van der Waals surface area contributed by atoms with Crippen LogP contribution in [0, 0.1) is 0 Å². The molecule has 0 aromatic heterocycles. The largest absolute Gasteiger partial charge is 0.492 e. The number of ether oxygens (including phenoxy) is 2. The maximum Gasteiger partial charge on any atom is 0.259 e. The Hall–Kier alpha value is -1.91. The standard InChI is InChI=1S/C17H17Cl2NO3/c1-3-22-15-8-6-5-7-14(15)20-17(21)12-9-11(18)10-13(19)16(12)23-4-2/h5-10H,3-4H2,1-2H3,(H,20,21). The maximum atomic E-state index is 12.6. The second-order valence-corrected chi connectivity index (χ2v) is 5.42. The van der Waals surface area contributed by atoms with Crippen molar-refractivity contribution in [3.63, 3.8) is 0 Å². The van der Waals surface area contributed by atoms with Gasteiger partial charge in [0.15, 0.2) is 5.75 Å². The molecule has 0 unspecified atom stereocenters. The summed E-state index contributed by atoms with van der Waals surface area (Å²) in [5, 5.41) is 3.46. The topological polar surface area (TPSA) is 47.6 Å². The van der Waals surface area contributed by atoms with Crippen LogP contribution in [-0.4, -0.2) is 19.1 Å². The van der Waals surface area contributed by atoms with Gasteiger partial charge in [0.25, 0.3) is 5.91 Å². The van der Waals surface area contributed by atoms with E-state index in [1.54, 1.807) is 18.2 Å². The molecule has 1 N–H and O–H groups in total. The lowest BCUT2D eigenvalue weighted by Gasteiger charge is -2.14. The molecule has 6 heteroatoms. The number of carbonyl (C=O) groups excluding carboxylic acids is 1. The average Bonchev–Trinajstić information content (AvgIpc) is 2.52. The molecular weight excluding hydrogens is 337 g/mol. The van der Waals surface area contributed by atoms with Crippen molar-refractivity contribution in [2.45, 2.75) is 13.8 Å². The van der Waals surface area contributed by atoms with Crippen molar-refractivity contribution < 1.29 is 14.3 Å². The predicted octanol–water partition coefficient (Wildman–Crippen LogP) is 5.04. The quantitative estimate of drug-likeness (QED) is 0.790. The highest BCUT2D eigenvalue weighted by atomic mass is 35.5. The predicted molar refractivity (Wildman–Crippen MR) is 93.2 cm³/mol. The van der Waals surface area contributed by atoms with Gasteiger partial charge < -0.3 is 14.8 Å². The molecule has 0 atom stereocenters. The number of amides is 1. The van der Waals surface area contributed by atoms with Gasteiger partial charge in [-0.05, 0) is 38.1 Å². The molecule has 4 nitrogen and oxygen atoms in total. The molecule has 122 valence electrons. The van der Waals surface area contributed by atoms with Gasteiger partial charge in [-0.2, -0.15) is 0 Å². The monoisotopic (exact) mass is 353 g/mol. The summed E-state index contributed by atoms with van der Waals surface area (Å²) in [4.78, 5) is 12.6. The van der Waals surface area contributed by atoms with E-state index in [0.29, 0.717) is 40.4 Å². The number of anilines is 1. The van der Waals surface area contributed by atoms with E-state index in [0.717, 1.165) is 0 Å². The zero-order valence-electron chi connectivity index (χ0n) is 12.9. The molecular formula is C17H17Cl2NO3. The summed E-state index contributed by atoms with van der Waals surface area (Å²) in [7, 11) is 0. The number of halogens is 2. The molecule has 0 saturated heterocycles. The Labute approximate surface area is 145 Å². The van der Waals surface area contributed by atoms with Crippen LogP contribution >= 0.6 is 23.2 Å². The van der Waals surface area contributed by atoms with Gasteiger partial charge >= 0.3 is 0 Å². The molecule has 23 heavy (non-hydrogen) atoms. The number of nitrogens with one attached hydrogen (secondary N) is 1. The van der Waals surface area contributed by atoms with Gasteiger partial charge in [0.05, 0.1) is 29.5 Å². The van der Waals surface area contributed by atoms with Gasteiger partial charge in [0.1, 0.15) is 5.75 Å². The summed E-state index contributed by atoms with van der Waals surface area (Å²) in [6.07, 6.45) is 0. The van der Waals surface area contributed by atoms with Crippen molar-refractivity contribution in [1.29, 1.82) is 0 Å². The summed E-state index contributed by atoms with van der Waals surface area (Å²) >= 11 is 12.1. The lowest BCUT2D eigenvalue weighted by Crippen LogP contribution is -2.15. The Morgan fingerprint density at radius 1 is 1.09 bits per heavy atom. The fraction of sp³-hybridized carbons (Fsp3) is 0.235. The number of hydrogen-bond donors (Lipinski definition) is 1. The maximum absolute atomic E-state index is 12.6. The molecule has 0 aliphatic rings. The van der Waals surface area contributed by atoms with Crippen LogP contribution in [0.25, 0.3) is 0 Å². The number of para-hydroxylation sites is 2. The Kier molecular flexibility index (Phi) is 6.13. The van der Waals surface area contributed by atoms with Gasteiger partial charge in [0, 0.05) is 5.02 Å². The minimum absolute atomic E-state index is 0.274. The molecule has 0 radical (unpaired) electrons. The lowest BCUT2D eigenvalue weighted by atomic mass is 10.1.